The lowest BCUT2D eigenvalue weighted by Gasteiger charge is -2.20. The van der Waals surface area contributed by atoms with Gasteiger partial charge in [0.25, 0.3) is 5.91 Å². The fraction of sp³-hybridized carbons (Fsp3) is 0.385. The van der Waals surface area contributed by atoms with Crippen molar-refractivity contribution >= 4 is 28.8 Å². The Hall–Kier alpha value is -2.82. The molecule has 0 saturated carbocycles. The number of aromatic nitrogens is 1. The van der Waals surface area contributed by atoms with Gasteiger partial charge in [-0.15, -0.1) is 11.3 Å². The lowest BCUT2D eigenvalue weighted by atomic mass is 10.0. The number of aryl methyl sites for hydroxylation is 1. The summed E-state index contributed by atoms with van der Waals surface area (Å²) in [5.74, 6) is 0.775. The molecule has 0 N–H and O–H groups in total. The molecule has 0 bridgehead atoms. The van der Waals surface area contributed by atoms with Gasteiger partial charge in [-0.25, -0.2) is 0 Å². The van der Waals surface area contributed by atoms with Gasteiger partial charge in [0.15, 0.2) is 11.5 Å². The van der Waals surface area contributed by atoms with Crippen LogP contribution in [-0.4, -0.2) is 48.3 Å². The van der Waals surface area contributed by atoms with Gasteiger partial charge in [0, 0.05) is 35.4 Å². The molecule has 1 saturated heterocycles. The van der Waals surface area contributed by atoms with Crippen molar-refractivity contribution < 1.29 is 32.2 Å². The van der Waals surface area contributed by atoms with E-state index in [4.69, 9.17) is 25.8 Å². The maximum absolute atomic E-state index is 13.2. The quantitative estimate of drug-likeness (QED) is 0.367. The van der Waals surface area contributed by atoms with E-state index in [-0.39, 0.29) is 35.9 Å². The van der Waals surface area contributed by atoms with Crippen LogP contribution in [0.1, 0.15) is 38.5 Å². The predicted octanol–water partition coefficient (Wildman–Crippen LogP) is 6.38. The molecule has 1 amide bonds. The number of hydrogen-bond donors (Lipinski definition) is 0. The Kier molecular flexibility index (Phi) is 7.33. The Bertz CT molecular complexity index is 1310. The Labute approximate surface area is 220 Å². The Balaban J connectivity index is 1.52. The third-order valence-electron chi connectivity index (χ3n) is 6.23. The minimum atomic E-state index is -4.56. The van der Waals surface area contributed by atoms with Crippen LogP contribution >= 0.6 is 22.9 Å². The lowest BCUT2D eigenvalue weighted by molar-refractivity contribution is -0.137. The maximum atomic E-state index is 13.2. The summed E-state index contributed by atoms with van der Waals surface area (Å²) in [5.41, 5.74) is 0.356. The molecular formula is C26H24ClF3N2O4S. The van der Waals surface area contributed by atoms with Crippen LogP contribution in [0.2, 0.25) is 5.02 Å². The highest BCUT2D eigenvalue weighted by molar-refractivity contribution is 7.13. The lowest BCUT2D eigenvalue weighted by Crippen LogP contribution is -2.31. The normalized spacial score (nSPS) is 17.8. The highest BCUT2D eigenvalue weighted by atomic mass is 35.5. The molecule has 0 radical (unpaired) electrons. The van der Waals surface area contributed by atoms with Gasteiger partial charge in [-0.1, -0.05) is 11.6 Å². The number of pyridine rings is 1. The molecule has 2 aliphatic rings. The van der Waals surface area contributed by atoms with E-state index in [0.29, 0.717) is 47.3 Å². The van der Waals surface area contributed by atoms with Crippen molar-refractivity contribution in [1.82, 2.24) is 9.88 Å². The van der Waals surface area contributed by atoms with E-state index >= 15 is 0 Å². The summed E-state index contributed by atoms with van der Waals surface area (Å²) < 4.78 is 57.3. The fourth-order valence-corrected chi connectivity index (χ4v) is 5.48. The number of carbonyl (C=O) groups is 1. The molecule has 1 unspecified atom stereocenters. The molecule has 11 heteroatoms. The van der Waals surface area contributed by atoms with Crippen LogP contribution in [0.5, 0.6) is 11.5 Å². The largest absolute Gasteiger partial charge is 0.487 e. The van der Waals surface area contributed by atoms with Crippen molar-refractivity contribution in [3.05, 3.63) is 62.4 Å². The first kappa shape index (κ1) is 25.8. The number of benzene rings is 1. The summed E-state index contributed by atoms with van der Waals surface area (Å²) in [7, 11) is 0. The number of fused-ring (bicyclic) bond motifs is 1. The van der Waals surface area contributed by atoms with Crippen molar-refractivity contribution in [2.24, 2.45) is 0 Å². The second-order valence-corrected chi connectivity index (χ2v) is 10.6. The molecule has 3 aromatic rings. The van der Waals surface area contributed by atoms with Crippen LogP contribution in [-0.2, 0) is 17.5 Å². The first-order valence-electron chi connectivity index (χ1n) is 11.8. The highest BCUT2D eigenvalue weighted by Crippen LogP contribution is 2.41. The van der Waals surface area contributed by atoms with Gasteiger partial charge in [0.05, 0.1) is 33.8 Å². The number of hydrogen-bond acceptors (Lipinski definition) is 6. The minimum absolute atomic E-state index is 0.0574. The number of rotatable bonds is 5. The van der Waals surface area contributed by atoms with Crippen LogP contribution in [0.3, 0.4) is 0 Å². The van der Waals surface area contributed by atoms with Gasteiger partial charge in [0.1, 0.15) is 13.2 Å². The fourth-order valence-electron chi connectivity index (χ4n) is 4.37. The molecule has 196 valence electrons. The molecule has 1 fully saturated rings. The van der Waals surface area contributed by atoms with Crippen LogP contribution in [0.15, 0.2) is 36.5 Å². The summed E-state index contributed by atoms with van der Waals surface area (Å²) in [5, 5.41) is -0.142. The van der Waals surface area contributed by atoms with Gasteiger partial charge in [0.2, 0.25) is 0 Å². The smallest absolute Gasteiger partial charge is 0.417 e. The molecule has 37 heavy (non-hydrogen) atoms. The van der Waals surface area contributed by atoms with Crippen molar-refractivity contribution in [2.75, 3.05) is 26.4 Å². The van der Waals surface area contributed by atoms with E-state index in [0.717, 1.165) is 30.0 Å². The zero-order valence-corrected chi connectivity index (χ0v) is 21.5. The average Bonchev–Trinajstić information content (AvgIpc) is 3.48. The van der Waals surface area contributed by atoms with Crippen molar-refractivity contribution in [2.45, 2.75) is 38.6 Å². The number of amides is 1. The van der Waals surface area contributed by atoms with Crippen molar-refractivity contribution in [3.8, 4) is 22.8 Å². The van der Waals surface area contributed by atoms with E-state index in [1.54, 1.807) is 23.1 Å². The van der Waals surface area contributed by atoms with Crippen molar-refractivity contribution in [1.29, 1.82) is 0 Å². The summed E-state index contributed by atoms with van der Waals surface area (Å²) in [6.45, 7) is 3.76. The van der Waals surface area contributed by atoms with Gasteiger partial charge in [-0.2, -0.15) is 13.2 Å². The number of thiophene rings is 1. The van der Waals surface area contributed by atoms with Gasteiger partial charge >= 0.3 is 6.18 Å². The van der Waals surface area contributed by atoms with Crippen LogP contribution in [0.25, 0.3) is 11.3 Å². The zero-order chi connectivity index (χ0) is 26.2. The molecule has 2 aliphatic heterocycles. The summed E-state index contributed by atoms with van der Waals surface area (Å²) in [4.78, 5) is 20.6. The first-order chi connectivity index (χ1) is 17.7. The van der Waals surface area contributed by atoms with E-state index in [9.17, 15) is 18.0 Å². The van der Waals surface area contributed by atoms with Gasteiger partial charge in [-0.3, -0.25) is 9.78 Å². The zero-order valence-electron chi connectivity index (χ0n) is 19.9. The molecule has 2 aromatic heterocycles. The summed E-state index contributed by atoms with van der Waals surface area (Å²) in [6, 6.07) is 7.95. The average molecular weight is 553 g/mol. The Morgan fingerprint density at radius 2 is 2.11 bits per heavy atom. The monoisotopic (exact) mass is 552 g/mol. The van der Waals surface area contributed by atoms with Crippen LogP contribution < -0.4 is 9.47 Å². The SMILES string of the molecule is Cc1ccc(C(=O)N2CCOc3c(cc(-c4ncc(C(F)(F)F)cc4Cl)cc3OCC3CCCO3)C2)s1. The Morgan fingerprint density at radius 3 is 2.78 bits per heavy atom. The second-order valence-electron chi connectivity index (χ2n) is 8.95. The molecule has 0 spiro atoms. The third-order valence-corrected chi connectivity index (χ3v) is 7.51. The first-order valence-corrected chi connectivity index (χ1v) is 13.0. The molecular weight excluding hydrogens is 529 g/mol. The number of ether oxygens (including phenoxy) is 3. The molecule has 0 aliphatic carbocycles. The Morgan fingerprint density at radius 1 is 1.27 bits per heavy atom. The number of halogens is 4. The molecule has 4 heterocycles. The van der Waals surface area contributed by atoms with Gasteiger partial charge < -0.3 is 19.1 Å². The topological polar surface area (TPSA) is 60.9 Å². The van der Waals surface area contributed by atoms with E-state index < -0.39 is 11.7 Å². The van der Waals surface area contributed by atoms with E-state index in [2.05, 4.69) is 4.98 Å². The number of nitrogens with zero attached hydrogens (tertiary/aromatic N) is 2. The van der Waals surface area contributed by atoms with Gasteiger partial charge in [-0.05, 0) is 50.1 Å². The summed E-state index contributed by atoms with van der Waals surface area (Å²) in [6.07, 6.45) is -2.04. The summed E-state index contributed by atoms with van der Waals surface area (Å²) >= 11 is 7.68. The van der Waals surface area contributed by atoms with E-state index in [1.165, 1.54) is 11.3 Å². The predicted molar refractivity (Wildman–Crippen MR) is 133 cm³/mol. The number of carbonyl (C=O) groups excluding carboxylic acids is 1. The second kappa shape index (κ2) is 10.5. The van der Waals surface area contributed by atoms with Crippen LogP contribution in [0.4, 0.5) is 13.2 Å². The molecule has 5 rings (SSSR count). The molecule has 6 nitrogen and oxygen atoms in total. The van der Waals surface area contributed by atoms with E-state index in [1.807, 2.05) is 13.0 Å². The van der Waals surface area contributed by atoms with Crippen molar-refractivity contribution in [3.63, 3.8) is 0 Å². The third kappa shape index (κ3) is 5.71. The maximum Gasteiger partial charge on any atom is 0.417 e. The van der Waals surface area contributed by atoms with Crippen LogP contribution in [0, 0.1) is 6.92 Å². The highest BCUT2D eigenvalue weighted by Gasteiger charge is 2.32. The minimum Gasteiger partial charge on any atom is -0.487 e. The molecule has 1 atom stereocenters. The standard InChI is InChI=1S/C26H24ClF3N2O4S/c1-15-4-5-22(37-15)25(33)32-6-8-35-24-17(13-32)9-16(10-21(24)36-14-19-3-2-7-34-19)23-20(27)11-18(12-31-23)26(28,29)30/h4-5,9-12,19H,2-3,6-8,13-14H2,1H3. The number of alkyl halides is 3. The molecule has 1 aromatic carbocycles.